The summed E-state index contributed by atoms with van der Waals surface area (Å²) >= 11 is 5.43. The van der Waals surface area contributed by atoms with Crippen LogP contribution in [0.5, 0.6) is 0 Å². The standard InChI is InChI=1S/C7H4ClF2N3O2S/c8-5-3(2-11)1-4(16(12,14)15)13-6(5)7(9)10/h1,7H,(H2,12,14,15). The molecule has 86 valence electrons. The quantitative estimate of drug-likeness (QED) is 0.870. The highest BCUT2D eigenvalue weighted by Gasteiger charge is 2.22. The van der Waals surface area contributed by atoms with E-state index in [-0.39, 0.29) is 0 Å². The predicted octanol–water partition coefficient (Wildman–Crippen LogP) is 1.19. The molecule has 0 aliphatic heterocycles. The van der Waals surface area contributed by atoms with Gasteiger partial charge in [-0.2, -0.15) is 5.26 Å². The third-order valence-corrected chi connectivity index (χ3v) is 2.77. The topological polar surface area (TPSA) is 96.8 Å². The van der Waals surface area contributed by atoms with Crippen LogP contribution in [0.3, 0.4) is 0 Å². The molecule has 2 N–H and O–H groups in total. The Morgan fingerprint density at radius 1 is 1.56 bits per heavy atom. The Labute approximate surface area is 94.5 Å². The number of hydrogen-bond acceptors (Lipinski definition) is 4. The number of hydrogen-bond donors (Lipinski definition) is 1. The number of aromatic nitrogens is 1. The summed E-state index contributed by atoms with van der Waals surface area (Å²) in [5.41, 5.74) is -1.40. The lowest BCUT2D eigenvalue weighted by atomic mass is 10.2. The van der Waals surface area contributed by atoms with Crippen molar-refractivity contribution in [2.45, 2.75) is 11.5 Å². The fourth-order valence-electron chi connectivity index (χ4n) is 0.897. The first-order valence-corrected chi connectivity index (χ1v) is 5.61. The minimum Gasteiger partial charge on any atom is -0.232 e. The molecule has 5 nitrogen and oxygen atoms in total. The van der Waals surface area contributed by atoms with Gasteiger partial charge in [-0.3, -0.25) is 0 Å². The number of nitriles is 1. The second kappa shape index (κ2) is 4.29. The van der Waals surface area contributed by atoms with E-state index in [1.165, 1.54) is 6.07 Å². The first kappa shape index (κ1) is 12.8. The van der Waals surface area contributed by atoms with E-state index in [1.807, 2.05) is 0 Å². The van der Waals surface area contributed by atoms with Crippen LogP contribution >= 0.6 is 11.6 Å². The van der Waals surface area contributed by atoms with Gasteiger partial charge < -0.3 is 0 Å². The van der Waals surface area contributed by atoms with Crippen LogP contribution in [0.2, 0.25) is 5.02 Å². The highest BCUT2D eigenvalue weighted by molar-refractivity contribution is 7.89. The summed E-state index contributed by atoms with van der Waals surface area (Å²) < 4.78 is 46.7. The molecule has 0 atom stereocenters. The SMILES string of the molecule is N#Cc1cc(S(N)(=O)=O)nc(C(F)F)c1Cl. The van der Waals surface area contributed by atoms with E-state index in [1.54, 1.807) is 0 Å². The molecule has 1 heterocycles. The Hall–Kier alpha value is -1.30. The molecule has 0 amide bonds. The fourth-order valence-corrected chi connectivity index (χ4v) is 1.63. The van der Waals surface area contributed by atoms with Gasteiger partial charge in [-0.25, -0.2) is 27.3 Å². The summed E-state index contributed by atoms with van der Waals surface area (Å²) in [4.78, 5) is 3.11. The first-order chi connectivity index (χ1) is 7.27. The number of sulfonamides is 1. The summed E-state index contributed by atoms with van der Waals surface area (Å²) in [6.45, 7) is 0. The molecule has 9 heteroatoms. The molecule has 0 radical (unpaired) electrons. The van der Waals surface area contributed by atoms with E-state index in [0.717, 1.165) is 6.07 Å². The minimum absolute atomic E-state index is 0.420. The minimum atomic E-state index is -4.26. The second-order valence-corrected chi connectivity index (χ2v) is 4.55. The lowest BCUT2D eigenvalue weighted by Gasteiger charge is -2.06. The molecule has 0 bridgehead atoms. The Kier molecular flexibility index (Phi) is 3.42. The Bertz CT molecular complexity index is 568. The van der Waals surface area contributed by atoms with Crippen molar-refractivity contribution in [1.82, 2.24) is 4.98 Å². The van der Waals surface area contributed by atoms with E-state index in [2.05, 4.69) is 4.98 Å². The second-order valence-electron chi connectivity index (χ2n) is 2.66. The number of alkyl halides is 2. The average Bonchev–Trinajstić information content (AvgIpc) is 2.15. The number of halogens is 3. The maximum atomic E-state index is 12.4. The molecule has 0 aliphatic carbocycles. The molecule has 0 aromatic carbocycles. The molecular weight excluding hydrogens is 264 g/mol. The monoisotopic (exact) mass is 267 g/mol. The fraction of sp³-hybridized carbons (Fsp3) is 0.143. The van der Waals surface area contributed by atoms with Crippen LogP contribution < -0.4 is 5.14 Å². The van der Waals surface area contributed by atoms with E-state index in [0.29, 0.717) is 0 Å². The van der Waals surface area contributed by atoms with Crippen LogP contribution in [0, 0.1) is 11.3 Å². The Morgan fingerprint density at radius 3 is 2.50 bits per heavy atom. The molecule has 1 aromatic heterocycles. The van der Waals surface area contributed by atoms with Crippen molar-refractivity contribution in [3.63, 3.8) is 0 Å². The third-order valence-electron chi connectivity index (χ3n) is 1.58. The van der Waals surface area contributed by atoms with Crippen LogP contribution in [-0.4, -0.2) is 13.4 Å². The van der Waals surface area contributed by atoms with Crippen molar-refractivity contribution < 1.29 is 17.2 Å². The van der Waals surface area contributed by atoms with Gasteiger partial charge in [0.1, 0.15) is 11.8 Å². The summed E-state index contributed by atoms with van der Waals surface area (Å²) in [5.74, 6) is 0. The average molecular weight is 268 g/mol. The van der Waals surface area contributed by atoms with Gasteiger partial charge in [0.2, 0.25) is 0 Å². The zero-order valence-corrected chi connectivity index (χ0v) is 9.06. The van der Waals surface area contributed by atoms with Crippen LogP contribution in [0.1, 0.15) is 17.7 Å². The summed E-state index contributed by atoms with van der Waals surface area (Å²) in [6, 6.07) is 2.22. The van der Waals surface area contributed by atoms with E-state index >= 15 is 0 Å². The van der Waals surface area contributed by atoms with Gasteiger partial charge >= 0.3 is 0 Å². The molecule has 0 spiro atoms. The van der Waals surface area contributed by atoms with Crippen LogP contribution in [0.25, 0.3) is 0 Å². The third kappa shape index (κ3) is 2.44. The van der Waals surface area contributed by atoms with Crippen molar-refractivity contribution in [1.29, 1.82) is 5.26 Å². The van der Waals surface area contributed by atoms with Crippen molar-refractivity contribution in [3.05, 3.63) is 22.3 Å². The zero-order chi connectivity index (χ0) is 12.5. The van der Waals surface area contributed by atoms with Crippen LogP contribution in [0.15, 0.2) is 11.1 Å². The van der Waals surface area contributed by atoms with Gasteiger partial charge in [0.25, 0.3) is 16.4 Å². The van der Waals surface area contributed by atoms with Crippen LogP contribution in [0.4, 0.5) is 8.78 Å². The molecular formula is C7H4ClF2N3O2S. The van der Waals surface area contributed by atoms with Gasteiger partial charge in [0.15, 0.2) is 5.03 Å². The van der Waals surface area contributed by atoms with Gasteiger partial charge in [-0.15, -0.1) is 0 Å². The van der Waals surface area contributed by atoms with Crippen molar-refractivity contribution >= 4 is 21.6 Å². The number of rotatable bonds is 2. The van der Waals surface area contributed by atoms with E-state index < -0.39 is 37.8 Å². The number of pyridine rings is 1. The maximum Gasteiger partial charge on any atom is 0.281 e. The van der Waals surface area contributed by atoms with Gasteiger partial charge in [-0.05, 0) is 6.07 Å². The Balaban J connectivity index is 3.61. The van der Waals surface area contributed by atoms with Gasteiger partial charge in [0.05, 0.1) is 10.6 Å². The van der Waals surface area contributed by atoms with Crippen LogP contribution in [-0.2, 0) is 10.0 Å². The van der Waals surface area contributed by atoms with Gasteiger partial charge in [-0.1, -0.05) is 11.6 Å². The smallest absolute Gasteiger partial charge is 0.232 e. The number of primary sulfonamides is 1. The first-order valence-electron chi connectivity index (χ1n) is 3.69. The lowest BCUT2D eigenvalue weighted by Crippen LogP contribution is -2.15. The molecule has 1 rings (SSSR count). The molecule has 0 fully saturated rings. The van der Waals surface area contributed by atoms with Crippen molar-refractivity contribution in [3.8, 4) is 6.07 Å². The van der Waals surface area contributed by atoms with Crippen molar-refractivity contribution in [2.24, 2.45) is 5.14 Å². The highest BCUT2D eigenvalue weighted by Crippen LogP contribution is 2.29. The summed E-state index contributed by atoms with van der Waals surface area (Å²) in [5, 5.41) is 11.9. The van der Waals surface area contributed by atoms with E-state index in [4.69, 9.17) is 22.0 Å². The number of nitrogens with two attached hydrogens (primary N) is 1. The Morgan fingerprint density at radius 2 is 2.12 bits per heavy atom. The van der Waals surface area contributed by atoms with Gasteiger partial charge in [0, 0.05) is 0 Å². The predicted molar refractivity (Wildman–Crippen MR) is 50.3 cm³/mol. The van der Waals surface area contributed by atoms with E-state index in [9.17, 15) is 17.2 Å². The lowest BCUT2D eigenvalue weighted by molar-refractivity contribution is 0.145. The number of nitrogens with zero attached hydrogens (tertiary/aromatic N) is 2. The molecule has 0 unspecified atom stereocenters. The normalized spacial score (nSPS) is 11.5. The molecule has 1 aromatic rings. The van der Waals surface area contributed by atoms with Crippen molar-refractivity contribution in [2.75, 3.05) is 0 Å². The molecule has 0 aliphatic rings. The highest BCUT2D eigenvalue weighted by atomic mass is 35.5. The largest absolute Gasteiger partial charge is 0.281 e. The molecule has 0 saturated heterocycles. The summed E-state index contributed by atoms with van der Waals surface area (Å²) in [7, 11) is -4.26. The maximum absolute atomic E-state index is 12.4. The summed E-state index contributed by atoms with van der Waals surface area (Å²) in [6.07, 6.45) is -3.10. The zero-order valence-electron chi connectivity index (χ0n) is 7.49. The molecule has 0 saturated carbocycles. The molecule has 16 heavy (non-hydrogen) atoms.